The number of fused-ring (bicyclic) bond motifs is 1. The maximum absolute atomic E-state index is 5.95. The van der Waals surface area contributed by atoms with Crippen molar-refractivity contribution in [1.29, 1.82) is 0 Å². The first-order valence-electron chi connectivity index (χ1n) is 6.68. The topological polar surface area (TPSA) is 91.7 Å². The fraction of sp³-hybridized carbons (Fsp3) is 0.286. The number of nitrogens with two attached hydrogens (primary N) is 1. The SMILES string of the molecule is CC(C)Oc1nc(N)c2cnn(Cc3ccncc3)c2n1. The molecule has 2 N–H and O–H groups in total. The quantitative estimate of drug-likeness (QED) is 0.783. The van der Waals surface area contributed by atoms with Crippen LogP contribution in [0, 0.1) is 0 Å². The van der Waals surface area contributed by atoms with Crippen molar-refractivity contribution in [3.05, 3.63) is 36.3 Å². The normalized spacial score (nSPS) is 11.2. The van der Waals surface area contributed by atoms with Gasteiger partial charge in [-0.2, -0.15) is 15.1 Å². The van der Waals surface area contributed by atoms with Gasteiger partial charge in [-0.25, -0.2) is 4.68 Å². The molecule has 0 radical (unpaired) electrons. The number of nitrogen functional groups attached to an aromatic ring is 1. The van der Waals surface area contributed by atoms with Gasteiger partial charge in [0.2, 0.25) is 0 Å². The van der Waals surface area contributed by atoms with Crippen LogP contribution in [-0.2, 0) is 6.54 Å². The fourth-order valence-electron chi connectivity index (χ4n) is 2.00. The number of rotatable bonds is 4. The van der Waals surface area contributed by atoms with E-state index in [1.165, 1.54) is 0 Å². The number of ether oxygens (including phenoxy) is 1. The van der Waals surface area contributed by atoms with E-state index in [2.05, 4.69) is 20.1 Å². The minimum atomic E-state index is -0.0154. The highest BCUT2D eigenvalue weighted by Gasteiger charge is 2.12. The van der Waals surface area contributed by atoms with Gasteiger partial charge in [-0.1, -0.05) is 0 Å². The summed E-state index contributed by atoms with van der Waals surface area (Å²) in [4.78, 5) is 12.5. The monoisotopic (exact) mass is 284 g/mol. The molecule has 0 saturated heterocycles. The molecule has 0 unspecified atom stereocenters. The number of hydrogen-bond donors (Lipinski definition) is 1. The number of nitrogens with zero attached hydrogens (tertiary/aromatic N) is 5. The summed E-state index contributed by atoms with van der Waals surface area (Å²) in [6, 6.07) is 4.14. The summed E-state index contributed by atoms with van der Waals surface area (Å²) in [5.41, 5.74) is 7.69. The molecule has 0 spiro atoms. The molecule has 0 aromatic carbocycles. The average molecular weight is 284 g/mol. The van der Waals surface area contributed by atoms with Crippen molar-refractivity contribution in [2.24, 2.45) is 0 Å². The van der Waals surface area contributed by atoms with Crippen molar-refractivity contribution in [2.75, 3.05) is 5.73 Å². The Morgan fingerprint density at radius 1 is 1.24 bits per heavy atom. The van der Waals surface area contributed by atoms with Crippen molar-refractivity contribution >= 4 is 16.9 Å². The van der Waals surface area contributed by atoms with Crippen LogP contribution in [0.15, 0.2) is 30.7 Å². The lowest BCUT2D eigenvalue weighted by atomic mass is 10.3. The maximum atomic E-state index is 5.95. The third kappa shape index (κ3) is 2.76. The zero-order valence-electron chi connectivity index (χ0n) is 11.9. The first-order valence-corrected chi connectivity index (χ1v) is 6.68. The summed E-state index contributed by atoms with van der Waals surface area (Å²) in [7, 11) is 0. The lowest BCUT2D eigenvalue weighted by molar-refractivity contribution is 0.223. The van der Waals surface area contributed by atoms with Gasteiger partial charge in [0.25, 0.3) is 0 Å². The molecule has 0 fully saturated rings. The summed E-state index contributed by atoms with van der Waals surface area (Å²) in [5.74, 6) is 0.372. The van der Waals surface area contributed by atoms with Crippen LogP contribution in [0.4, 0.5) is 5.82 Å². The highest BCUT2D eigenvalue weighted by Crippen LogP contribution is 2.21. The molecule has 0 atom stereocenters. The molecule has 0 aliphatic carbocycles. The third-order valence-electron chi connectivity index (χ3n) is 2.93. The van der Waals surface area contributed by atoms with E-state index in [0.29, 0.717) is 18.0 Å². The summed E-state index contributed by atoms with van der Waals surface area (Å²) in [6.45, 7) is 4.42. The molecule has 3 aromatic heterocycles. The number of anilines is 1. The molecule has 0 aliphatic heterocycles. The minimum absolute atomic E-state index is 0.0154. The van der Waals surface area contributed by atoms with Gasteiger partial charge in [0.1, 0.15) is 5.82 Å². The van der Waals surface area contributed by atoms with Crippen LogP contribution in [0.5, 0.6) is 6.01 Å². The van der Waals surface area contributed by atoms with E-state index in [4.69, 9.17) is 10.5 Å². The maximum Gasteiger partial charge on any atom is 0.320 e. The van der Waals surface area contributed by atoms with Crippen LogP contribution in [0.3, 0.4) is 0 Å². The molecule has 21 heavy (non-hydrogen) atoms. The Morgan fingerprint density at radius 2 is 2.00 bits per heavy atom. The molecule has 0 amide bonds. The molecular weight excluding hydrogens is 268 g/mol. The van der Waals surface area contributed by atoms with Crippen LogP contribution in [0.25, 0.3) is 11.0 Å². The largest absolute Gasteiger partial charge is 0.461 e. The standard InChI is InChI=1S/C14H16N6O/c1-9(2)21-14-18-12(15)11-7-17-20(13(11)19-14)8-10-3-5-16-6-4-10/h3-7,9H,8H2,1-2H3,(H2,15,18,19). The summed E-state index contributed by atoms with van der Waals surface area (Å²) in [6.07, 6.45) is 5.15. The molecule has 0 bridgehead atoms. The zero-order chi connectivity index (χ0) is 14.8. The Hall–Kier alpha value is -2.70. The Morgan fingerprint density at radius 3 is 2.71 bits per heavy atom. The highest BCUT2D eigenvalue weighted by molar-refractivity contribution is 5.85. The lowest BCUT2D eigenvalue weighted by Crippen LogP contribution is -2.10. The van der Waals surface area contributed by atoms with Gasteiger partial charge < -0.3 is 10.5 Å². The van der Waals surface area contributed by atoms with E-state index < -0.39 is 0 Å². The molecule has 7 heteroatoms. The number of aromatic nitrogens is 5. The summed E-state index contributed by atoms with van der Waals surface area (Å²) < 4.78 is 7.30. The van der Waals surface area contributed by atoms with Crippen molar-refractivity contribution in [1.82, 2.24) is 24.7 Å². The van der Waals surface area contributed by atoms with Gasteiger partial charge in [-0.05, 0) is 31.5 Å². The van der Waals surface area contributed by atoms with Crippen LogP contribution < -0.4 is 10.5 Å². The van der Waals surface area contributed by atoms with E-state index in [9.17, 15) is 0 Å². The lowest BCUT2D eigenvalue weighted by Gasteiger charge is -2.09. The molecule has 3 aromatic rings. The summed E-state index contributed by atoms with van der Waals surface area (Å²) >= 11 is 0. The Balaban J connectivity index is 2.01. The minimum Gasteiger partial charge on any atom is -0.461 e. The van der Waals surface area contributed by atoms with E-state index >= 15 is 0 Å². The van der Waals surface area contributed by atoms with E-state index in [1.54, 1.807) is 23.3 Å². The zero-order valence-corrected chi connectivity index (χ0v) is 11.9. The van der Waals surface area contributed by atoms with E-state index in [0.717, 1.165) is 10.9 Å². The molecule has 108 valence electrons. The second kappa shape index (κ2) is 5.35. The van der Waals surface area contributed by atoms with Gasteiger partial charge in [-0.3, -0.25) is 4.98 Å². The Bertz CT molecular complexity index is 753. The average Bonchev–Trinajstić information content (AvgIpc) is 2.83. The van der Waals surface area contributed by atoms with Crippen LogP contribution in [-0.4, -0.2) is 30.8 Å². The van der Waals surface area contributed by atoms with E-state index in [1.807, 2.05) is 26.0 Å². The van der Waals surface area contributed by atoms with Crippen molar-refractivity contribution in [3.8, 4) is 6.01 Å². The van der Waals surface area contributed by atoms with Crippen LogP contribution >= 0.6 is 0 Å². The second-order valence-electron chi connectivity index (χ2n) is 4.95. The smallest absolute Gasteiger partial charge is 0.320 e. The van der Waals surface area contributed by atoms with Gasteiger partial charge in [0.05, 0.1) is 24.2 Å². The first-order chi connectivity index (χ1) is 10.1. The van der Waals surface area contributed by atoms with E-state index in [-0.39, 0.29) is 12.1 Å². The molecule has 7 nitrogen and oxygen atoms in total. The number of hydrogen-bond acceptors (Lipinski definition) is 6. The van der Waals surface area contributed by atoms with Crippen molar-refractivity contribution in [2.45, 2.75) is 26.5 Å². The van der Waals surface area contributed by atoms with Gasteiger partial charge in [0.15, 0.2) is 5.65 Å². The molecule has 3 heterocycles. The molecule has 0 saturated carbocycles. The molecule has 3 rings (SSSR count). The number of pyridine rings is 1. The van der Waals surface area contributed by atoms with Gasteiger partial charge in [-0.15, -0.1) is 0 Å². The molecular formula is C14H16N6O. The van der Waals surface area contributed by atoms with Crippen molar-refractivity contribution in [3.63, 3.8) is 0 Å². The highest BCUT2D eigenvalue weighted by atomic mass is 16.5. The van der Waals surface area contributed by atoms with Gasteiger partial charge in [0, 0.05) is 12.4 Å². The second-order valence-corrected chi connectivity index (χ2v) is 4.95. The molecule has 0 aliphatic rings. The predicted molar refractivity (Wildman–Crippen MR) is 78.8 cm³/mol. The fourth-order valence-corrected chi connectivity index (χ4v) is 2.00. The summed E-state index contributed by atoms with van der Waals surface area (Å²) in [5, 5.41) is 5.05. The third-order valence-corrected chi connectivity index (χ3v) is 2.93. The predicted octanol–water partition coefficient (Wildman–Crippen LogP) is 1.64. The van der Waals surface area contributed by atoms with Crippen LogP contribution in [0.1, 0.15) is 19.4 Å². The Labute approximate surface area is 121 Å². The van der Waals surface area contributed by atoms with Crippen molar-refractivity contribution < 1.29 is 4.74 Å². The first kappa shape index (κ1) is 13.3. The van der Waals surface area contributed by atoms with Crippen LogP contribution in [0.2, 0.25) is 0 Å². The Kier molecular flexibility index (Phi) is 3.39. The van der Waals surface area contributed by atoms with Gasteiger partial charge >= 0.3 is 6.01 Å².